The van der Waals surface area contributed by atoms with Crippen molar-refractivity contribution in [1.29, 1.82) is 0 Å². The lowest BCUT2D eigenvalue weighted by Crippen LogP contribution is -2.47. The number of nitrogens with zero attached hydrogens (tertiary/aromatic N) is 3. The van der Waals surface area contributed by atoms with Gasteiger partial charge in [0.15, 0.2) is 5.11 Å². The number of likely N-dealkylation sites (tertiary alicyclic amines) is 1. The van der Waals surface area contributed by atoms with E-state index in [1.807, 2.05) is 24.3 Å². The van der Waals surface area contributed by atoms with Gasteiger partial charge in [0.05, 0.1) is 0 Å². The highest BCUT2D eigenvalue weighted by Crippen LogP contribution is 2.23. The molecular weight excluding hydrogens is 320 g/mol. The third-order valence-corrected chi connectivity index (χ3v) is 4.34. The second-order valence-electron chi connectivity index (χ2n) is 5.41. The van der Waals surface area contributed by atoms with Gasteiger partial charge in [0, 0.05) is 29.6 Å². The monoisotopic (exact) mass is 336 g/mol. The summed E-state index contributed by atoms with van der Waals surface area (Å²) in [5.41, 5.74) is 6.64. The number of hydrogen-bond donors (Lipinski definition) is 1. The van der Waals surface area contributed by atoms with Gasteiger partial charge < -0.3 is 15.2 Å². The molecule has 2 aromatic rings. The summed E-state index contributed by atoms with van der Waals surface area (Å²) < 4.78 is 5.37. The zero-order valence-electron chi connectivity index (χ0n) is 12.0. The van der Waals surface area contributed by atoms with Crippen LogP contribution in [0.1, 0.15) is 25.2 Å². The van der Waals surface area contributed by atoms with Crippen LogP contribution in [-0.4, -0.2) is 32.7 Å². The molecule has 2 heterocycles. The van der Waals surface area contributed by atoms with E-state index in [2.05, 4.69) is 15.0 Å². The zero-order chi connectivity index (χ0) is 15.5. The second-order valence-corrected chi connectivity index (χ2v) is 6.26. The number of rotatable bonds is 3. The van der Waals surface area contributed by atoms with Crippen molar-refractivity contribution < 1.29 is 4.52 Å². The summed E-state index contributed by atoms with van der Waals surface area (Å²) in [6.45, 7) is 0.898. The van der Waals surface area contributed by atoms with Crippen molar-refractivity contribution in [3.05, 3.63) is 35.2 Å². The lowest BCUT2D eigenvalue weighted by Gasteiger charge is -2.35. The predicted octanol–water partition coefficient (Wildman–Crippen LogP) is 3.03. The summed E-state index contributed by atoms with van der Waals surface area (Å²) in [7, 11) is 0. The molecule has 3 rings (SSSR count). The van der Waals surface area contributed by atoms with Crippen molar-refractivity contribution in [2.45, 2.75) is 31.7 Å². The van der Waals surface area contributed by atoms with Gasteiger partial charge in [-0.3, -0.25) is 0 Å². The molecule has 22 heavy (non-hydrogen) atoms. The van der Waals surface area contributed by atoms with Crippen LogP contribution < -0.4 is 5.73 Å². The Hall–Kier alpha value is -1.66. The number of piperidine rings is 1. The molecule has 1 saturated heterocycles. The Morgan fingerprint density at radius 1 is 1.45 bits per heavy atom. The zero-order valence-corrected chi connectivity index (χ0v) is 13.6. The molecule has 5 nitrogen and oxygen atoms in total. The Balaban J connectivity index is 1.75. The van der Waals surface area contributed by atoms with Gasteiger partial charge >= 0.3 is 0 Å². The molecule has 0 bridgehead atoms. The standard InChI is InChI=1S/C15H17ClN4OS/c16-11-5-3-4-10(8-11)14-18-13(21-19-14)9-12-6-1-2-7-20(12)15(17)22/h3-5,8,12H,1-2,6-7,9H2,(H2,17,22). The van der Waals surface area contributed by atoms with E-state index in [9.17, 15) is 0 Å². The molecule has 1 aromatic heterocycles. The summed E-state index contributed by atoms with van der Waals surface area (Å²) in [6, 6.07) is 7.64. The van der Waals surface area contributed by atoms with Crippen molar-refractivity contribution in [1.82, 2.24) is 15.0 Å². The first-order valence-electron chi connectivity index (χ1n) is 7.28. The maximum absolute atomic E-state index is 5.99. The largest absolute Gasteiger partial charge is 0.376 e. The van der Waals surface area contributed by atoms with E-state index in [-0.39, 0.29) is 6.04 Å². The van der Waals surface area contributed by atoms with E-state index in [1.165, 1.54) is 6.42 Å². The average molecular weight is 337 g/mol. The fourth-order valence-corrected chi connectivity index (χ4v) is 3.22. The first kappa shape index (κ1) is 15.2. The van der Waals surface area contributed by atoms with Crippen LogP contribution in [0, 0.1) is 0 Å². The number of benzene rings is 1. The van der Waals surface area contributed by atoms with Gasteiger partial charge in [-0.15, -0.1) is 0 Å². The molecule has 7 heteroatoms. The normalized spacial score (nSPS) is 18.4. The number of nitrogens with two attached hydrogens (primary N) is 1. The second kappa shape index (κ2) is 6.62. The van der Waals surface area contributed by atoms with Crippen LogP contribution in [0.4, 0.5) is 0 Å². The van der Waals surface area contributed by atoms with Crippen molar-refractivity contribution in [2.24, 2.45) is 5.73 Å². The molecule has 116 valence electrons. The highest BCUT2D eigenvalue weighted by molar-refractivity contribution is 7.80. The van der Waals surface area contributed by atoms with Crippen molar-refractivity contribution >= 4 is 28.9 Å². The average Bonchev–Trinajstić information content (AvgIpc) is 2.96. The van der Waals surface area contributed by atoms with Gasteiger partial charge in [0.25, 0.3) is 0 Å². The van der Waals surface area contributed by atoms with Gasteiger partial charge in [0.2, 0.25) is 11.7 Å². The van der Waals surface area contributed by atoms with E-state index in [0.29, 0.717) is 28.3 Å². The third kappa shape index (κ3) is 3.39. The van der Waals surface area contributed by atoms with Gasteiger partial charge in [0.1, 0.15) is 0 Å². The Kier molecular flexibility index (Phi) is 4.59. The van der Waals surface area contributed by atoms with E-state index < -0.39 is 0 Å². The Labute approximate surface area is 139 Å². The number of hydrogen-bond acceptors (Lipinski definition) is 4. The molecule has 1 aromatic carbocycles. The minimum atomic E-state index is 0.235. The van der Waals surface area contributed by atoms with E-state index in [0.717, 1.165) is 24.9 Å². The van der Waals surface area contributed by atoms with Crippen LogP contribution in [0.25, 0.3) is 11.4 Å². The van der Waals surface area contributed by atoms with E-state index in [4.69, 9.17) is 34.1 Å². The fraction of sp³-hybridized carbons (Fsp3) is 0.400. The highest BCUT2D eigenvalue weighted by Gasteiger charge is 2.25. The molecule has 0 aliphatic carbocycles. The van der Waals surface area contributed by atoms with E-state index in [1.54, 1.807) is 0 Å². The number of halogens is 1. The van der Waals surface area contributed by atoms with Crippen LogP contribution in [0.3, 0.4) is 0 Å². The number of aromatic nitrogens is 2. The van der Waals surface area contributed by atoms with Crippen molar-refractivity contribution in [2.75, 3.05) is 6.54 Å². The molecule has 0 saturated carbocycles. The third-order valence-electron chi connectivity index (χ3n) is 3.87. The van der Waals surface area contributed by atoms with Crippen LogP contribution in [0.5, 0.6) is 0 Å². The molecule has 0 spiro atoms. The Morgan fingerprint density at radius 3 is 3.09 bits per heavy atom. The van der Waals surface area contributed by atoms with E-state index >= 15 is 0 Å². The summed E-state index contributed by atoms with van der Waals surface area (Å²) in [6.07, 6.45) is 3.97. The topological polar surface area (TPSA) is 68.2 Å². The minimum absolute atomic E-state index is 0.235. The van der Waals surface area contributed by atoms with Gasteiger partial charge in [-0.1, -0.05) is 28.9 Å². The maximum atomic E-state index is 5.99. The first-order chi connectivity index (χ1) is 10.6. The van der Waals surface area contributed by atoms with Gasteiger partial charge in [-0.25, -0.2) is 0 Å². The molecule has 1 aliphatic rings. The fourth-order valence-electron chi connectivity index (χ4n) is 2.79. The molecule has 1 atom stereocenters. The van der Waals surface area contributed by atoms with Crippen LogP contribution in [0.15, 0.2) is 28.8 Å². The molecule has 1 unspecified atom stereocenters. The maximum Gasteiger partial charge on any atom is 0.229 e. The lowest BCUT2D eigenvalue weighted by molar-refractivity contribution is 0.224. The first-order valence-corrected chi connectivity index (χ1v) is 8.06. The summed E-state index contributed by atoms with van der Waals surface area (Å²) >= 11 is 11.1. The van der Waals surface area contributed by atoms with Crippen molar-refractivity contribution in [3.63, 3.8) is 0 Å². The van der Waals surface area contributed by atoms with Gasteiger partial charge in [-0.2, -0.15) is 4.98 Å². The summed E-state index contributed by atoms with van der Waals surface area (Å²) in [5, 5.41) is 5.13. The SMILES string of the molecule is NC(=S)N1CCCCC1Cc1nc(-c2cccc(Cl)c2)no1. The molecule has 1 aliphatic heterocycles. The predicted molar refractivity (Wildman–Crippen MR) is 89.6 cm³/mol. The van der Waals surface area contributed by atoms with Crippen LogP contribution in [-0.2, 0) is 6.42 Å². The van der Waals surface area contributed by atoms with Crippen LogP contribution in [0.2, 0.25) is 5.02 Å². The summed E-state index contributed by atoms with van der Waals surface area (Å²) in [5.74, 6) is 1.15. The molecule has 0 amide bonds. The number of thiocarbonyl (C=S) groups is 1. The molecule has 1 fully saturated rings. The molecule has 0 radical (unpaired) electrons. The molecular formula is C15H17ClN4OS. The Bertz CT molecular complexity index is 675. The van der Waals surface area contributed by atoms with Crippen molar-refractivity contribution in [3.8, 4) is 11.4 Å². The van der Waals surface area contributed by atoms with Crippen LogP contribution >= 0.6 is 23.8 Å². The highest BCUT2D eigenvalue weighted by atomic mass is 35.5. The molecule has 2 N–H and O–H groups in total. The Morgan fingerprint density at radius 2 is 2.32 bits per heavy atom. The quantitative estimate of drug-likeness (QED) is 0.869. The van der Waals surface area contributed by atoms with Gasteiger partial charge in [-0.05, 0) is 43.6 Å². The minimum Gasteiger partial charge on any atom is -0.376 e. The smallest absolute Gasteiger partial charge is 0.229 e. The lowest BCUT2D eigenvalue weighted by atomic mass is 10.00. The summed E-state index contributed by atoms with van der Waals surface area (Å²) in [4.78, 5) is 6.52.